The Hall–Kier alpha value is -2.06. The average molecular weight is 293 g/mol. The van der Waals surface area contributed by atoms with Crippen molar-refractivity contribution in [3.8, 4) is 5.75 Å². The summed E-state index contributed by atoms with van der Waals surface area (Å²) in [7, 11) is 2.17. The van der Waals surface area contributed by atoms with Crippen LogP contribution < -0.4 is 0 Å². The van der Waals surface area contributed by atoms with Gasteiger partial charge in [-0.3, -0.25) is 4.90 Å². The maximum Gasteiger partial charge on any atom is 0.123 e. The highest BCUT2D eigenvalue weighted by Crippen LogP contribution is 2.33. The molecule has 1 unspecified atom stereocenters. The van der Waals surface area contributed by atoms with E-state index in [0.29, 0.717) is 11.8 Å². The molecule has 0 aromatic heterocycles. The van der Waals surface area contributed by atoms with E-state index in [-0.39, 0.29) is 0 Å². The van der Waals surface area contributed by atoms with E-state index in [1.54, 1.807) is 6.07 Å². The lowest BCUT2D eigenvalue weighted by molar-refractivity contribution is 0.357. The molecule has 22 heavy (non-hydrogen) atoms. The highest BCUT2D eigenvalue weighted by molar-refractivity contribution is 5.83. The van der Waals surface area contributed by atoms with Crippen molar-refractivity contribution in [2.75, 3.05) is 13.6 Å². The second kappa shape index (κ2) is 6.37. The molecule has 1 atom stereocenters. The van der Waals surface area contributed by atoms with Gasteiger partial charge in [0.1, 0.15) is 5.75 Å². The minimum absolute atomic E-state index is 0.348. The summed E-state index contributed by atoms with van der Waals surface area (Å²) < 4.78 is 0. The number of rotatable bonds is 3. The Morgan fingerprint density at radius 2 is 1.95 bits per heavy atom. The van der Waals surface area contributed by atoms with Crippen LogP contribution in [0.25, 0.3) is 5.57 Å². The van der Waals surface area contributed by atoms with Gasteiger partial charge in [0.05, 0.1) is 0 Å². The molecule has 2 aromatic carbocycles. The summed E-state index contributed by atoms with van der Waals surface area (Å²) in [5.41, 5.74) is 4.37. The first-order valence-corrected chi connectivity index (χ1v) is 7.92. The number of likely N-dealkylation sites (N-methyl/N-ethyl adjacent to an activating group) is 1. The number of likely N-dealkylation sites (tertiary alicyclic amines) is 1. The number of phenols is 1. The molecular formula is C20H23NO. The number of phenolic OH excluding ortho intramolecular Hbond substituents is 1. The average Bonchev–Trinajstić information content (AvgIpc) is 2.93. The standard InChI is InChI=1S/C20H23NO/c1-15-10-11-20(22)19(13-15)18(16-7-4-3-5-8-16)14-17-9-6-12-21(17)2/h3-5,7-8,10-11,13-14,17,22H,6,9,12H2,1-2H3/b18-14+. The van der Waals surface area contributed by atoms with E-state index < -0.39 is 0 Å². The molecular weight excluding hydrogens is 270 g/mol. The molecule has 1 saturated heterocycles. The molecule has 0 spiro atoms. The van der Waals surface area contributed by atoms with Crippen LogP contribution in [0.2, 0.25) is 0 Å². The summed E-state index contributed by atoms with van der Waals surface area (Å²) in [5, 5.41) is 10.4. The van der Waals surface area contributed by atoms with E-state index in [0.717, 1.165) is 28.8 Å². The third-order valence-electron chi connectivity index (χ3n) is 4.46. The minimum atomic E-state index is 0.348. The minimum Gasteiger partial charge on any atom is -0.507 e. The maximum absolute atomic E-state index is 10.4. The third kappa shape index (κ3) is 3.07. The number of nitrogens with zero attached hydrogens (tertiary/aromatic N) is 1. The number of aryl methyl sites for hydroxylation is 1. The van der Waals surface area contributed by atoms with Gasteiger partial charge in [-0.05, 0) is 56.6 Å². The zero-order chi connectivity index (χ0) is 15.5. The smallest absolute Gasteiger partial charge is 0.123 e. The highest BCUT2D eigenvalue weighted by atomic mass is 16.3. The first-order valence-electron chi connectivity index (χ1n) is 7.92. The Kier molecular flexibility index (Phi) is 4.30. The predicted octanol–water partition coefficient (Wildman–Crippen LogP) is 4.23. The van der Waals surface area contributed by atoms with E-state index in [1.807, 2.05) is 24.3 Å². The molecule has 1 aliphatic heterocycles. The van der Waals surface area contributed by atoms with Crippen LogP contribution in [0, 0.1) is 6.92 Å². The Morgan fingerprint density at radius 1 is 1.18 bits per heavy atom. The van der Waals surface area contributed by atoms with E-state index in [9.17, 15) is 5.11 Å². The van der Waals surface area contributed by atoms with Crippen LogP contribution in [0.15, 0.2) is 54.6 Å². The highest BCUT2D eigenvalue weighted by Gasteiger charge is 2.21. The van der Waals surface area contributed by atoms with Gasteiger partial charge >= 0.3 is 0 Å². The molecule has 1 aliphatic rings. The van der Waals surface area contributed by atoms with Gasteiger partial charge in [-0.1, -0.05) is 48.0 Å². The molecule has 2 nitrogen and oxygen atoms in total. The van der Waals surface area contributed by atoms with E-state index in [2.05, 4.69) is 43.1 Å². The fourth-order valence-corrected chi connectivity index (χ4v) is 3.16. The molecule has 114 valence electrons. The number of benzene rings is 2. The molecule has 2 heteroatoms. The van der Waals surface area contributed by atoms with Crippen LogP contribution in [0.3, 0.4) is 0 Å². The van der Waals surface area contributed by atoms with Gasteiger partial charge in [0.25, 0.3) is 0 Å². The SMILES string of the molecule is Cc1ccc(O)c(/C(=C/C2CCCN2C)c2ccccc2)c1. The normalized spacial score (nSPS) is 19.5. The van der Waals surface area contributed by atoms with Gasteiger partial charge in [0.2, 0.25) is 0 Å². The molecule has 3 rings (SSSR count). The van der Waals surface area contributed by atoms with Gasteiger partial charge < -0.3 is 5.11 Å². The van der Waals surface area contributed by atoms with Crippen molar-refractivity contribution in [1.29, 1.82) is 0 Å². The lowest BCUT2D eigenvalue weighted by Gasteiger charge is -2.19. The van der Waals surface area contributed by atoms with Crippen molar-refractivity contribution in [2.45, 2.75) is 25.8 Å². The van der Waals surface area contributed by atoms with Gasteiger partial charge in [-0.15, -0.1) is 0 Å². The first kappa shape index (κ1) is 14.9. The summed E-state index contributed by atoms with van der Waals surface area (Å²) in [6.45, 7) is 3.20. The molecule has 1 heterocycles. The van der Waals surface area contributed by atoms with Crippen LogP contribution >= 0.6 is 0 Å². The Bertz CT molecular complexity index is 675. The van der Waals surface area contributed by atoms with Crippen molar-refractivity contribution >= 4 is 5.57 Å². The fraction of sp³-hybridized carbons (Fsp3) is 0.300. The van der Waals surface area contributed by atoms with E-state index >= 15 is 0 Å². The van der Waals surface area contributed by atoms with Crippen LogP contribution in [0.5, 0.6) is 5.75 Å². The topological polar surface area (TPSA) is 23.5 Å². The zero-order valence-electron chi connectivity index (χ0n) is 13.3. The van der Waals surface area contributed by atoms with Crippen LogP contribution in [0.4, 0.5) is 0 Å². The number of aromatic hydroxyl groups is 1. The van der Waals surface area contributed by atoms with E-state index in [4.69, 9.17) is 0 Å². The monoisotopic (exact) mass is 293 g/mol. The number of hydrogen-bond donors (Lipinski definition) is 1. The molecule has 0 amide bonds. The summed E-state index contributed by atoms with van der Waals surface area (Å²) in [4.78, 5) is 2.38. The van der Waals surface area contributed by atoms with E-state index in [1.165, 1.54) is 12.8 Å². The van der Waals surface area contributed by atoms with Crippen LogP contribution in [0.1, 0.15) is 29.5 Å². The molecule has 0 aliphatic carbocycles. The Balaban J connectivity index is 2.11. The van der Waals surface area contributed by atoms with Gasteiger partial charge in [-0.25, -0.2) is 0 Å². The van der Waals surface area contributed by atoms with Crippen molar-refractivity contribution in [3.63, 3.8) is 0 Å². The quantitative estimate of drug-likeness (QED) is 0.915. The Labute approximate surface area is 132 Å². The summed E-state index contributed by atoms with van der Waals surface area (Å²) in [6, 6.07) is 16.6. The molecule has 1 N–H and O–H groups in total. The third-order valence-corrected chi connectivity index (χ3v) is 4.46. The zero-order valence-corrected chi connectivity index (χ0v) is 13.3. The number of hydrogen-bond acceptors (Lipinski definition) is 2. The predicted molar refractivity (Wildman–Crippen MR) is 92.0 cm³/mol. The fourth-order valence-electron chi connectivity index (χ4n) is 3.16. The second-order valence-electron chi connectivity index (χ2n) is 6.16. The second-order valence-corrected chi connectivity index (χ2v) is 6.16. The summed E-state index contributed by atoms with van der Waals surface area (Å²) >= 11 is 0. The van der Waals surface area contributed by atoms with Gasteiger partial charge in [0.15, 0.2) is 0 Å². The molecule has 0 saturated carbocycles. The van der Waals surface area contributed by atoms with Crippen LogP contribution in [-0.2, 0) is 0 Å². The lowest BCUT2D eigenvalue weighted by Crippen LogP contribution is -2.23. The molecule has 1 fully saturated rings. The van der Waals surface area contributed by atoms with Crippen molar-refractivity contribution in [1.82, 2.24) is 4.90 Å². The van der Waals surface area contributed by atoms with Crippen molar-refractivity contribution < 1.29 is 5.11 Å². The van der Waals surface area contributed by atoms with Gasteiger partial charge in [-0.2, -0.15) is 0 Å². The first-order chi connectivity index (χ1) is 10.6. The molecule has 2 aromatic rings. The lowest BCUT2D eigenvalue weighted by atomic mass is 9.93. The summed E-state index contributed by atoms with van der Waals surface area (Å²) in [6.07, 6.45) is 4.73. The maximum atomic E-state index is 10.4. The Morgan fingerprint density at radius 3 is 2.64 bits per heavy atom. The van der Waals surface area contributed by atoms with Crippen molar-refractivity contribution in [3.05, 3.63) is 71.3 Å². The van der Waals surface area contributed by atoms with Crippen molar-refractivity contribution in [2.24, 2.45) is 0 Å². The summed E-state index contributed by atoms with van der Waals surface area (Å²) in [5.74, 6) is 0.348. The largest absolute Gasteiger partial charge is 0.507 e. The molecule has 0 bridgehead atoms. The van der Waals surface area contributed by atoms with Gasteiger partial charge in [0, 0.05) is 11.6 Å². The molecule has 0 radical (unpaired) electrons. The van der Waals surface area contributed by atoms with Crippen LogP contribution in [-0.4, -0.2) is 29.6 Å².